The zero-order valence-electron chi connectivity index (χ0n) is 16.2. The summed E-state index contributed by atoms with van der Waals surface area (Å²) in [7, 11) is 0. The Kier molecular flexibility index (Phi) is 4.94. The highest BCUT2D eigenvalue weighted by Crippen LogP contribution is 2.34. The van der Waals surface area contributed by atoms with Gasteiger partial charge in [-0.05, 0) is 43.2 Å². The van der Waals surface area contributed by atoms with Gasteiger partial charge in [0.2, 0.25) is 0 Å². The van der Waals surface area contributed by atoms with Gasteiger partial charge >= 0.3 is 6.18 Å². The average molecular weight is 448 g/mol. The molecule has 10 heteroatoms. The third-order valence-electron chi connectivity index (χ3n) is 5.29. The van der Waals surface area contributed by atoms with E-state index >= 15 is 0 Å². The molecule has 6 nitrogen and oxygen atoms in total. The predicted molar refractivity (Wildman–Crippen MR) is 111 cm³/mol. The van der Waals surface area contributed by atoms with E-state index in [1.54, 1.807) is 24.3 Å². The molecular weight excluding hydrogens is 431 g/mol. The number of hydrogen-bond donors (Lipinski definition) is 1. The molecule has 1 fully saturated rings. The van der Waals surface area contributed by atoms with Crippen LogP contribution < -0.4 is 5.32 Å². The largest absolute Gasteiger partial charge is 0.416 e. The van der Waals surface area contributed by atoms with Crippen LogP contribution in [-0.4, -0.2) is 39.1 Å². The van der Waals surface area contributed by atoms with E-state index in [0.717, 1.165) is 37.0 Å². The molecule has 0 spiro atoms. The third kappa shape index (κ3) is 3.79. The van der Waals surface area contributed by atoms with Crippen LogP contribution in [0.1, 0.15) is 18.4 Å². The van der Waals surface area contributed by atoms with Crippen molar-refractivity contribution in [2.75, 3.05) is 18.5 Å². The molecule has 3 heterocycles. The van der Waals surface area contributed by atoms with Crippen LogP contribution in [0.4, 0.5) is 19.0 Å². The van der Waals surface area contributed by atoms with Crippen LogP contribution in [0.3, 0.4) is 0 Å². The molecule has 1 aliphatic rings. The van der Waals surface area contributed by atoms with Gasteiger partial charge in [-0.2, -0.15) is 17.7 Å². The van der Waals surface area contributed by atoms with Crippen LogP contribution in [0.2, 0.25) is 5.02 Å². The molecule has 2 aromatic carbocycles. The van der Waals surface area contributed by atoms with Crippen molar-refractivity contribution in [1.82, 2.24) is 19.8 Å². The average Bonchev–Trinajstić information content (AvgIpc) is 3.41. The van der Waals surface area contributed by atoms with Crippen LogP contribution >= 0.6 is 11.6 Å². The normalized spacial score (nSPS) is 17.0. The van der Waals surface area contributed by atoms with Crippen molar-refractivity contribution in [2.45, 2.75) is 25.1 Å². The summed E-state index contributed by atoms with van der Waals surface area (Å²) in [6.07, 6.45) is -2.41. The van der Waals surface area contributed by atoms with Crippen molar-refractivity contribution < 1.29 is 17.9 Å². The quantitative estimate of drug-likeness (QED) is 0.465. The molecule has 1 N–H and O–H groups in total. The Morgan fingerprint density at radius 1 is 1.19 bits per heavy atom. The van der Waals surface area contributed by atoms with Crippen molar-refractivity contribution >= 4 is 34.0 Å². The van der Waals surface area contributed by atoms with E-state index < -0.39 is 11.7 Å². The highest BCUT2D eigenvalue weighted by molar-refractivity contribution is 6.31. The molecule has 0 saturated carbocycles. The minimum atomic E-state index is -4.45. The molecule has 0 radical (unpaired) electrons. The minimum absolute atomic E-state index is 0.0817. The standard InChI is InChI=1S/C21H17ClF3N5O/c22-14-6-7-17-16(10-14)19(26-11-15-5-2-8-31-15)27-20-18(28-29-30(17)20)12-3-1-4-13(9-12)21(23,24)25/h1,3-4,6-7,9-10,15H,2,5,8,11H2,(H,26,27). The van der Waals surface area contributed by atoms with Crippen LogP contribution in [0, 0.1) is 0 Å². The SMILES string of the molecule is FC(F)(F)c1cccc(-c2nnn3c2nc(NCC2CCCO2)c2cc(Cl)ccc23)c1. The van der Waals surface area contributed by atoms with E-state index in [1.165, 1.54) is 10.6 Å². The van der Waals surface area contributed by atoms with Gasteiger partial charge in [0.1, 0.15) is 11.5 Å². The van der Waals surface area contributed by atoms with E-state index in [-0.39, 0.29) is 17.4 Å². The monoisotopic (exact) mass is 447 g/mol. The maximum atomic E-state index is 13.2. The fourth-order valence-electron chi connectivity index (χ4n) is 3.77. The van der Waals surface area contributed by atoms with Gasteiger partial charge in [0, 0.05) is 29.1 Å². The number of anilines is 1. The fourth-order valence-corrected chi connectivity index (χ4v) is 3.94. The molecule has 0 amide bonds. The number of nitrogens with one attached hydrogen (secondary N) is 1. The second kappa shape index (κ2) is 7.65. The van der Waals surface area contributed by atoms with Crippen molar-refractivity contribution in [2.24, 2.45) is 0 Å². The Morgan fingerprint density at radius 2 is 2.06 bits per heavy atom. The number of rotatable bonds is 4. The first kappa shape index (κ1) is 20.0. The minimum Gasteiger partial charge on any atom is -0.376 e. The van der Waals surface area contributed by atoms with E-state index in [4.69, 9.17) is 16.3 Å². The van der Waals surface area contributed by atoms with Crippen LogP contribution in [0.25, 0.3) is 27.8 Å². The van der Waals surface area contributed by atoms with Crippen molar-refractivity contribution in [3.63, 3.8) is 0 Å². The highest BCUT2D eigenvalue weighted by Gasteiger charge is 2.31. The van der Waals surface area contributed by atoms with Gasteiger partial charge in [0.15, 0.2) is 5.65 Å². The van der Waals surface area contributed by atoms with Gasteiger partial charge < -0.3 is 10.1 Å². The fraction of sp³-hybridized carbons (Fsp3) is 0.286. The third-order valence-corrected chi connectivity index (χ3v) is 5.53. The summed E-state index contributed by atoms with van der Waals surface area (Å²) in [5, 5.41) is 12.9. The summed E-state index contributed by atoms with van der Waals surface area (Å²) in [6, 6.07) is 10.3. The lowest BCUT2D eigenvalue weighted by molar-refractivity contribution is -0.137. The van der Waals surface area contributed by atoms with E-state index in [1.807, 2.05) is 0 Å². The van der Waals surface area contributed by atoms with Crippen LogP contribution in [0.5, 0.6) is 0 Å². The second-order valence-electron chi connectivity index (χ2n) is 7.39. The first-order valence-corrected chi connectivity index (χ1v) is 10.2. The summed E-state index contributed by atoms with van der Waals surface area (Å²) in [5.41, 5.74) is 0.841. The van der Waals surface area contributed by atoms with Gasteiger partial charge in [-0.1, -0.05) is 28.9 Å². The van der Waals surface area contributed by atoms with Gasteiger partial charge in [0.05, 0.1) is 17.2 Å². The van der Waals surface area contributed by atoms with Crippen molar-refractivity contribution in [1.29, 1.82) is 0 Å². The Balaban J connectivity index is 1.65. The van der Waals surface area contributed by atoms with Crippen molar-refractivity contribution in [3.05, 3.63) is 53.1 Å². The lowest BCUT2D eigenvalue weighted by atomic mass is 10.1. The smallest absolute Gasteiger partial charge is 0.376 e. The van der Waals surface area contributed by atoms with Gasteiger partial charge in [0.25, 0.3) is 0 Å². The molecular formula is C21H17ClF3N5O. The molecule has 5 rings (SSSR count). The number of ether oxygens (including phenoxy) is 1. The molecule has 160 valence electrons. The lowest BCUT2D eigenvalue weighted by Gasteiger charge is -2.14. The Morgan fingerprint density at radius 3 is 2.84 bits per heavy atom. The lowest BCUT2D eigenvalue weighted by Crippen LogP contribution is -2.19. The molecule has 1 unspecified atom stereocenters. The number of benzene rings is 2. The first-order chi connectivity index (χ1) is 14.9. The van der Waals surface area contributed by atoms with Gasteiger partial charge in [-0.15, -0.1) is 5.10 Å². The summed E-state index contributed by atoms with van der Waals surface area (Å²) < 4.78 is 46.8. The number of alkyl halides is 3. The zero-order chi connectivity index (χ0) is 21.6. The summed E-state index contributed by atoms with van der Waals surface area (Å²) in [5.74, 6) is 0.552. The molecule has 0 bridgehead atoms. The first-order valence-electron chi connectivity index (χ1n) is 9.78. The molecule has 1 aliphatic heterocycles. The van der Waals surface area contributed by atoms with E-state index in [0.29, 0.717) is 28.5 Å². The summed E-state index contributed by atoms with van der Waals surface area (Å²) in [4.78, 5) is 4.67. The van der Waals surface area contributed by atoms with Crippen molar-refractivity contribution in [3.8, 4) is 11.3 Å². The van der Waals surface area contributed by atoms with Crippen LogP contribution in [-0.2, 0) is 10.9 Å². The Labute approximate surface area is 180 Å². The van der Waals surface area contributed by atoms with Gasteiger partial charge in [-0.3, -0.25) is 0 Å². The highest BCUT2D eigenvalue weighted by atomic mass is 35.5. The second-order valence-corrected chi connectivity index (χ2v) is 7.83. The maximum absolute atomic E-state index is 13.2. The number of hydrogen-bond acceptors (Lipinski definition) is 5. The number of fused-ring (bicyclic) bond motifs is 3. The molecule has 1 saturated heterocycles. The van der Waals surface area contributed by atoms with E-state index in [9.17, 15) is 13.2 Å². The summed E-state index contributed by atoms with van der Waals surface area (Å²) >= 11 is 6.20. The number of aromatic nitrogens is 4. The topological polar surface area (TPSA) is 64.3 Å². The molecule has 1 atom stereocenters. The molecule has 4 aromatic rings. The van der Waals surface area contributed by atoms with Gasteiger partial charge in [-0.25, -0.2) is 4.98 Å². The Hall–Kier alpha value is -2.91. The maximum Gasteiger partial charge on any atom is 0.416 e. The molecule has 0 aliphatic carbocycles. The Bertz CT molecular complexity index is 1270. The number of nitrogens with zero attached hydrogens (tertiary/aromatic N) is 4. The summed E-state index contributed by atoms with van der Waals surface area (Å²) in [6.45, 7) is 1.29. The number of halogens is 4. The molecule has 2 aromatic heterocycles. The molecule has 31 heavy (non-hydrogen) atoms. The predicted octanol–water partition coefficient (Wildman–Crippen LogP) is 5.21. The van der Waals surface area contributed by atoms with E-state index in [2.05, 4.69) is 20.6 Å². The zero-order valence-corrected chi connectivity index (χ0v) is 16.9. The van der Waals surface area contributed by atoms with Crippen LogP contribution in [0.15, 0.2) is 42.5 Å².